The largest absolute Gasteiger partial charge is 0.374 e. The van der Waals surface area contributed by atoms with Gasteiger partial charge in [0, 0.05) is 25.7 Å². The van der Waals surface area contributed by atoms with E-state index in [9.17, 15) is 0 Å². The van der Waals surface area contributed by atoms with Crippen molar-refractivity contribution < 1.29 is 4.74 Å². The number of hydrogen-bond acceptors (Lipinski definition) is 4. The Morgan fingerprint density at radius 2 is 2.47 bits per heavy atom. The lowest BCUT2D eigenvalue weighted by atomic mass is 10.1. The Kier molecular flexibility index (Phi) is 5.62. The highest BCUT2D eigenvalue weighted by Crippen LogP contribution is 2.08. The molecule has 1 rings (SSSR count). The quantitative estimate of drug-likeness (QED) is 0.723. The summed E-state index contributed by atoms with van der Waals surface area (Å²) in [6, 6.07) is 2.60. The fourth-order valence-electron chi connectivity index (χ4n) is 1.92. The molecular formula is C11H21N3O. The molecule has 1 saturated heterocycles. The second-order valence-corrected chi connectivity index (χ2v) is 4.06. The van der Waals surface area contributed by atoms with E-state index >= 15 is 0 Å². The molecule has 1 N–H and O–H groups in total. The molecule has 0 radical (unpaired) electrons. The van der Waals surface area contributed by atoms with Crippen molar-refractivity contribution in [2.75, 3.05) is 33.3 Å². The van der Waals surface area contributed by atoms with E-state index in [1.54, 1.807) is 0 Å². The monoisotopic (exact) mass is 211 g/mol. The molecule has 2 atom stereocenters. The van der Waals surface area contributed by atoms with Crippen LogP contribution in [-0.4, -0.2) is 50.3 Å². The predicted molar refractivity (Wildman–Crippen MR) is 59.5 cm³/mol. The Balaban J connectivity index is 2.31. The highest BCUT2D eigenvalue weighted by Gasteiger charge is 2.19. The molecule has 1 fully saturated rings. The minimum atomic E-state index is 0.275. The molecule has 0 aromatic heterocycles. The van der Waals surface area contributed by atoms with Crippen molar-refractivity contribution in [3.63, 3.8) is 0 Å². The fourth-order valence-corrected chi connectivity index (χ4v) is 1.92. The van der Waals surface area contributed by atoms with Crippen molar-refractivity contribution >= 4 is 0 Å². The van der Waals surface area contributed by atoms with Gasteiger partial charge in [-0.3, -0.25) is 4.90 Å². The minimum Gasteiger partial charge on any atom is -0.374 e. The Labute approximate surface area is 92.2 Å². The normalized spacial score (nSPS) is 23.7. The van der Waals surface area contributed by atoms with E-state index in [0.717, 1.165) is 32.7 Å². The number of nitrogens with zero attached hydrogens (tertiary/aromatic N) is 2. The van der Waals surface area contributed by atoms with Crippen LogP contribution >= 0.6 is 0 Å². The van der Waals surface area contributed by atoms with Crippen LogP contribution in [0.15, 0.2) is 0 Å². The summed E-state index contributed by atoms with van der Waals surface area (Å²) in [7, 11) is 2.07. The van der Waals surface area contributed by atoms with Gasteiger partial charge in [-0.15, -0.1) is 0 Å². The zero-order chi connectivity index (χ0) is 11.1. The standard InChI is InChI=1S/C11H21N3O/c1-3-10(4-5-12)14(2)9-11-8-13-6-7-15-11/h10-11,13H,3-4,6-9H2,1-2H3. The molecule has 86 valence electrons. The molecule has 2 unspecified atom stereocenters. The summed E-state index contributed by atoms with van der Waals surface area (Å²) >= 11 is 0. The van der Waals surface area contributed by atoms with Crippen LogP contribution < -0.4 is 5.32 Å². The average Bonchev–Trinajstić information content (AvgIpc) is 2.27. The molecule has 0 aliphatic carbocycles. The molecule has 1 aliphatic rings. The molecule has 0 aromatic carbocycles. The third kappa shape index (κ3) is 4.17. The van der Waals surface area contributed by atoms with Crippen molar-refractivity contribution in [3.05, 3.63) is 0 Å². The van der Waals surface area contributed by atoms with E-state index < -0.39 is 0 Å². The van der Waals surface area contributed by atoms with E-state index in [2.05, 4.69) is 30.3 Å². The fraction of sp³-hybridized carbons (Fsp3) is 0.909. The smallest absolute Gasteiger partial charge is 0.0826 e. The van der Waals surface area contributed by atoms with Gasteiger partial charge in [-0.1, -0.05) is 6.92 Å². The van der Waals surface area contributed by atoms with Crippen LogP contribution in [0, 0.1) is 11.3 Å². The van der Waals surface area contributed by atoms with Crippen molar-refractivity contribution in [2.24, 2.45) is 0 Å². The lowest BCUT2D eigenvalue weighted by molar-refractivity contribution is 0.00284. The number of nitrogens with one attached hydrogen (secondary N) is 1. The van der Waals surface area contributed by atoms with Gasteiger partial charge >= 0.3 is 0 Å². The first kappa shape index (κ1) is 12.4. The SMILES string of the molecule is CCC(CC#N)N(C)CC1CNCCO1. The number of nitriles is 1. The number of likely N-dealkylation sites (N-methyl/N-ethyl adjacent to an activating group) is 1. The minimum absolute atomic E-state index is 0.275. The maximum absolute atomic E-state index is 8.70. The summed E-state index contributed by atoms with van der Waals surface area (Å²) in [4.78, 5) is 2.24. The van der Waals surface area contributed by atoms with Crippen LogP contribution in [0.25, 0.3) is 0 Å². The van der Waals surface area contributed by atoms with Gasteiger partial charge < -0.3 is 10.1 Å². The summed E-state index contributed by atoms with van der Waals surface area (Å²) in [6.45, 7) is 5.71. The number of morpholine rings is 1. The van der Waals surface area contributed by atoms with E-state index in [1.165, 1.54) is 0 Å². The first-order valence-corrected chi connectivity index (χ1v) is 5.67. The van der Waals surface area contributed by atoms with Gasteiger partial charge in [-0.05, 0) is 13.5 Å². The van der Waals surface area contributed by atoms with Crippen molar-refractivity contribution in [3.8, 4) is 6.07 Å². The summed E-state index contributed by atoms with van der Waals surface area (Å²) < 4.78 is 5.63. The number of rotatable bonds is 5. The second kappa shape index (κ2) is 6.78. The third-order valence-corrected chi connectivity index (χ3v) is 2.92. The maximum atomic E-state index is 8.70. The highest BCUT2D eigenvalue weighted by molar-refractivity contribution is 4.82. The van der Waals surface area contributed by atoms with Gasteiger partial charge in [0.2, 0.25) is 0 Å². The Morgan fingerprint density at radius 1 is 1.67 bits per heavy atom. The Hall–Kier alpha value is -0.630. The molecule has 0 saturated carbocycles. The van der Waals surface area contributed by atoms with Gasteiger partial charge in [0.25, 0.3) is 0 Å². The average molecular weight is 211 g/mol. The van der Waals surface area contributed by atoms with Crippen LogP contribution in [0.4, 0.5) is 0 Å². The van der Waals surface area contributed by atoms with Crippen LogP contribution in [0.3, 0.4) is 0 Å². The van der Waals surface area contributed by atoms with Crippen LogP contribution in [0.5, 0.6) is 0 Å². The molecule has 1 aliphatic heterocycles. The van der Waals surface area contributed by atoms with Crippen molar-refractivity contribution in [2.45, 2.75) is 31.9 Å². The summed E-state index contributed by atoms with van der Waals surface area (Å²) in [5, 5.41) is 12.0. The summed E-state index contributed by atoms with van der Waals surface area (Å²) in [5.41, 5.74) is 0. The molecule has 0 amide bonds. The van der Waals surface area contributed by atoms with Gasteiger partial charge in [-0.2, -0.15) is 5.26 Å². The van der Waals surface area contributed by atoms with Gasteiger partial charge in [0.15, 0.2) is 0 Å². The first-order valence-electron chi connectivity index (χ1n) is 5.67. The predicted octanol–water partition coefficient (Wildman–Crippen LogP) is 0.599. The zero-order valence-corrected chi connectivity index (χ0v) is 9.70. The van der Waals surface area contributed by atoms with Crippen LogP contribution in [-0.2, 0) is 4.74 Å². The van der Waals surface area contributed by atoms with Crippen LogP contribution in [0.1, 0.15) is 19.8 Å². The maximum Gasteiger partial charge on any atom is 0.0826 e. The molecule has 4 heteroatoms. The molecular weight excluding hydrogens is 190 g/mol. The molecule has 0 spiro atoms. The number of ether oxygens (including phenoxy) is 1. The van der Waals surface area contributed by atoms with Gasteiger partial charge in [0.05, 0.1) is 25.2 Å². The molecule has 15 heavy (non-hydrogen) atoms. The first-order chi connectivity index (χ1) is 7.27. The highest BCUT2D eigenvalue weighted by atomic mass is 16.5. The summed E-state index contributed by atoms with van der Waals surface area (Å²) in [5.74, 6) is 0. The molecule has 0 bridgehead atoms. The molecule has 4 nitrogen and oxygen atoms in total. The lowest BCUT2D eigenvalue weighted by Crippen LogP contribution is -2.46. The van der Waals surface area contributed by atoms with E-state index in [-0.39, 0.29) is 6.10 Å². The van der Waals surface area contributed by atoms with E-state index in [0.29, 0.717) is 12.5 Å². The zero-order valence-electron chi connectivity index (χ0n) is 9.70. The van der Waals surface area contributed by atoms with Crippen molar-refractivity contribution in [1.82, 2.24) is 10.2 Å². The Morgan fingerprint density at radius 3 is 3.00 bits per heavy atom. The number of hydrogen-bond donors (Lipinski definition) is 1. The topological polar surface area (TPSA) is 48.3 Å². The third-order valence-electron chi connectivity index (χ3n) is 2.92. The van der Waals surface area contributed by atoms with Gasteiger partial charge in [0.1, 0.15) is 0 Å². The van der Waals surface area contributed by atoms with E-state index in [1.807, 2.05) is 0 Å². The van der Waals surface area contributed by atoms with Crippen molar-refractivity contribution in [1.29, 1.82) is 5.26 Å². The Bertz CT molecular complexity index is 208. The molecule has 1 heterocycles. The molecule has 0 aromatic rings. The summed E-state index contributed by atoms with van der Waals surface area (Å²) in [6.07, 6.45) is 1.90. The lowest BCUT2D eigenvalue weighted by Gasteiger charge is -2.31. The van der Waals surface area contributed by atoms with Crippen LogP contribution in [0.2, 0.25) is 0 Å². The van der Waals surface area contributed by atoms with E-state index in [4.69, 9.17) is 10.00 Å². The second-order valence-electron chi connectivity index (χ2n) is 4.06. The van der Waals surface area contributed by atoms with Gasteiger partial charge in [-0.25, -0.2) is 0 Å².